The van der Waals surface area contributed by atoms with E-state index < -0.39 is 0 Å². The van der Waals surface area contributed by atoms with Gasteiger partial charge in [0, 0.05) is 22.9 Å². The summed E-state index contributed by atoms with van der Waals surface area (Å²) >= 11 is 0. The minimum absolute atomic E-state index is 0.0287. The fourth-order valence-electron chi connectivity index (χ4n) is 7.74. The monoisotopic (exact) mass is 401 g/mol. The van der Waals surface area contributed by atoms with E-state index in [-0.39, 0.29) is 40.3 Å². The van der Waals surface area contributed by atoms with Crippen LogP contribution >= 0.6 is 0 Å². The summed E-state index contributed by atoms with van der Waals surface area (Å²) in [5, 5.41) is 3.38. The molecule has 0 spiro atoms. The molecule has 3 saturated carbocycles. The first kappa shape index (κ1) is 20.9. The molecule has 29 heavy (non-hydrogen) atoms. The molecule has 0 aromatic carbocycles. The largest absolute Gasteiger partial charge is 0.458 e. The molecule has 0 aromatic rings. The van der Waals surface area contributed by atoms with Gasteiger partial charge >= 0.3 is 5.97 Å². The number of carbonyl (C=O) groups excluding carboxylic acids is 2. The fraction of sp³-hybridized carbons (Fsp3) is 0.840. The third-order valence-corrected chi connectivity index (χ3v) is 9.18. The molecule has 0 bridgehead atoms. The normalized spacial score (nSPS) is 43.8. The van der Waals surface area contributed by atoms with Gasteiger partial charge in [0.2, 0.25) is 5.91 Å². The standard InChI is InChI=1S/C25H39NO3/c1-6-13-23(2,3)26-22(28)19-9-8-17-16-7-10-20-25(5,15-12-21(27)29-20)18(16)11-14-24(17,19)4/h12,15-20H,6-11,13-14H2,1-5H3,(H,26,28)/t16-,17-,18-,19+,20+,24-,25+/m0/s1. The third-order valence-electron chi connectivity index (χ3n) is 9.18. The second-order valence-electron chi connectivity index (χ2n) is 11.4. The molecule has 7 atom stereocenters. The Kier molecular flexibility index (Phi) is 5.15. The first-order valence-corrected chi connectivity index (χ1v) is 11.8. The van der Waals surface area contributed by atoms with Crippen LogP contribution in [0.5, 0.6) is 0 Å². The van der Waals surface area contributed by atoms with Gasteiger partial charge in [-0.15, -0.1) is 0 Å². The summed E-state index contributed by atoms with van der Waals surface area (Å²) < 4.78 is 5.73. The van der Waals surface area contributed by atoms with Gasteiger partial charge in [-0.3, -0.25) is 4.79 Å². The fourth-order valence-corrected chi connectivity index (χ4v) is 7.74. The maximum Gasteiger partial charge on any atom is 0.330 e. The summed E-state index contributed by atoms with van der Waals surface area (Å²) in [7, 11) is 0. The zero-order valence-electron chi connectivity index (χ0n) is 18.9. The summed E-state index contributed by atoms with van der Waals surface area (Å²) in [6.07, 6.45) is 12.4. The van der Waals surface area contributed by atoms with Gasteiger partial charge in [-0.25, -0.2) is 4.79 Å². The van der Waals surface area contributed by atoms with E-state index in [0.717, 1.165) is 51.4 Å². The van der Waals surface area contributed by atoms with Crippen molar-refractivity contribution >= 4 is 11.9 Å². The lowest BCUT2D eigenvalue weighted by Gasteiger charge is -2.58. The lowest BCUT2D eigenvalue weighted by Crippen LogP contribution is -2.56. The van der Waals surface area contributed by atoms with Crippen LogP contribution in [0.15, 0.2) is 12.2 Å². The van der Waals surface area contributed by atoms with Crippen molar-refractivity contribution in [2.75, 3.05) is 0 Å². The summed E-state index contributed by atoms with van der Waals surface area (Å²) in [6, 6.07) is 0. The molecule has 4 rings (SSSR count). The van der Waals surface area contributed by atoms with E-state index in [1.54, 1.807) is 6.08 Å². The molecule has 1 aliphatic heterocycles. The number of hydrogen-bond acceptors (Lipinski definition) is 3. The van der Waals surface area contributed by atoms with Gasteiger partial charge in [0.25, 0.3) is 0 Å². The molecule has 4 nitrogen and oxygen atoms in total. The Morgan fingerprint density at radius 2 is 1.93 bits per heavy atom. The molecule has 4 heteroatoms. The topological polar surface area (TPSA) is 55.4 Å². The average Bonchev–Trinajstić information content (AvgIpc) is 2.99. The number of carbonyl (C=O) groups is 2. The number of nitrogens with one attached hydrogen (secondary N) is 1. The van der Waals surface area contributed by atoms with E-state index in [9.17, 15) is 9.59 Å². The maximum absolute atomic E-state index is 13.3. The Morgan fingerprint density at radius 1 is 1.17 bits per heavy atom. The minimum Gasteiger partial charge on any atom is -0.458 e. The van der Waals surface area contributed by atoms with Crippen LogP contribution in [0.1, 0.15) is 86.0 Å². The average molecular weight is 402 g/mol. The summed E-state index contributed by atoms with van der Waals surface area (Å²) in [5.41, 5.74) is -0.0623. The van der Waals surface area contributed by atoms with Crippen LogP contribution in [0.25, 0.3) is 0 Å². The quantitative estimate of drug-likeness (QED) is 0.673. The van der Waals surface area contributed by atoms with Crippen molar-refractivity contribution in [1.82, 2.24) is 5.32 Å². The van der Waals surface area contributed by atoms with Gasteiger partial charge in [0.1, 0.15) is 6.10 Å². The van der Waals surface area contributed by atoms with Crippen molar-refractivity contribution in [2.45, 2.75) is 97.6 Å². The number of ether oxygens (including phenoxy) is 1. The highest BCUT2D eigenvalue weighted by Crippen LogP contribution is 2.65. The molecule has 162 valence electrons. The molecule has 3 aliphatic carbocycles. The smallest absolute Gasteiger partial charge is 0.330 e. The molecule has 1 heterocycles. The Labute approximate surface area is 176 Å². The van der Waals surface area contributed by atoms with Crippen molar-refractivity contribution in [2.24, 2.45) is 34.5 Å². The van der Waals surface area contributed by atoms with Gasteiger partial charge < -0.3 is 10.1 Å². The van der Waals surface area contributed by atoms with E-state index in [1.807, 2.05) is 0 Å². The number of hydrogen-bond donors (Lipinski definition) is 1. The van der Waals surface area contributed by atoms with E-state index >= 15 is 0 Å². The van der Waals surface area contributed by atoms with Crippen molar-refractivity contribution in [1.29, 1.82) is 0 Å². The molecule has 1 N–H and O–H groups in total. The highest BCUT2D eigenvalue weighted by Gasteiger charge is 2.61. The zero-order chi connectivity index (χ0) is 21.0. The van der Waals surface area contributed by atoms with E-state index in [0.29, 0.717) is 17.8 Å². The van der Waals surface area contributed by atoms with Gasteiger partial charge in [-0.05, 0) is 82.0 Å². The molecule has 3 fully saturated rings. The second kappa shape index (κ2) is 7.13. The number of rotatable bonds is 4. The van der Waals surface area contributed by atoms with Gasteiger partial charge in [0.05, 0.1) is 0 Å². The molecule has 4 aliphatic rings. The molecule has 1 amide bonds. The van der Waals surface area contributed by atoms with Crippen molar-refractivity contribution < 1.29 is 14.3 Å². The Hall–Kier alpha value is -1.32. The Morgan fingerprint density at radius 3 is 2.66 bits per heavy atom. The first-order chi connectivity index (χ1) is 13.6. The third kappa shape index (κ3) is 3.35. The predicted octanol–water partition coefficient (Wildman–Crippen LogP) is 5.02. The number of fused-ring (bicyclic) bond motifs is 5. The predicted molar refractivity (Wildman–Crippen MR) is 114 cm³/mol. The van der Waals surface area contributed by atoms with Crippen LogP contribution in [0, 0.1) is 34.5 Å². The van der Waals surface area contributed by atoms with Gasteiger partial charge in [-0.2, -0.15) is 0 Å². The lowest BCUT2D eigenvalue weighted by molar-refractivity contribution is -0.168. The summed E-state index contributed by atoms with van der Waals surface area (Å²) in [4.78, 5) is 25.1. The Bertz CT molecular complexity index is 713. The first-order valence-electron chi connectivity index (χ1n) is 11.8. The molecule has 0 saturated heterocycles. The van der Waals surface area contributed by atoms with Crippen LogP contribution in [0.2, 0.25) is 0 Å². The molecular weight excluding hydrogens is 362 g/mol. The van der Waals surface area contributed by atoms with Gasteiger partial charge in [-0.1, -0.05) is 33.3 Å². The van der Waals surface area contributed by atoms with Crippen molar-refractivity contribution in [3.8, 4) is 0 Å². The van der Waals surface area contributed by atoms with Crippen LogP contribution in [0.4, 0.5) is 0 Å². The highest BCUT2D eigenvalue weighted by atomic mass is 16.5. The molecular formula is C25H39NO3. The van der Waals surface area contributed by atoms with Crippen molar-refractivity contribution in [3.63, 3.8) is 0 Å². The molecule has 0 aromatic heterocycles. The SMILES string of the molecule is CCCC(C)(C)NC(=O)[C@H]1CC[C@H]2[C@@H]3CC[C@H]4OC(=O)C=C[C@]4(C)[C@H]3CC[C@]12C. The van der Waals surface area contributed by atoms with E-state index in [2.05, 4.69) is 46.0 Å². The molecule has 0 radical (unpaired) electrons. The highest BCUT2D eigenvalue weighted by molar-refractivity contribution is 5.83. The van der Waals surface area contributed by atoms with E-state index in [4.69, 9.17) is 4.74 Å². The van der Waals surface area contributed by atoms with Crippen LogP contribution in [0.3, 0.4) is 0 Å². The molecule has 0 unspecified atom stereocenters. The summed E-state index contributed by atoms with van der Waals surface area (Å²) in [5.74, 6) is 2.03. The van der Waals surface area contributed by atoms with Crippen LogP contribution < -0.4 is 5.32 Å². The van der Waals surface area contributed by atoms with E-state index in [1.165, 1.54) is 0 Å². The van der Waals surface area contributed by atoms with Crippen molar-refractivity contribution in [3.05, 3.63) is 12.2 Å². The van der Waals surface area contributed by atoms with Crippen LogP contribution in [-0.2, 0) is 14.3 Å². The summed E-state index contributed by atoms with van der Waals surface area (Å²) in [6.45, 7) is 11.2. The second-order valence-corrected chi connectivity index (χ2v) is 11.4. The lowest BCUT2D eigenvalue weighted by atomic mass is 9.48. The number of esters is 1. The minimum atomic E-state index is -0.182. The zero-order valence-corrected chi connectivity index (χ0v) is 18.9. The van der Waals surface area contributed by atoms with Gasteiger partial charge in [0.15, 0.2) is 0 Å². The Balaban J connectivity index is 1.54. The maximum atomic E-state index is 13.3. The number of amides is 1. The van der Waals surface area contributed by atoms with Crippen LogP contribution in [-0.4, -0.2) is 23.5 Å².